The Hall–Kier alpha value is -4.29. The highest BCUT2D eigenvalue weighted by Crippen LogP contribution is 2.62. The topological polar surface area (TPSA) is 146 Å². The molecular weight excluding hydrogens is 667 g/mol. The van der Waals surface area contributed by atoms with Gasteiger partial charge in [0.25, 0.3) is 15.9 Å². The van der Waals surface area contributed by atoms with Gasteiger partial charge < -0.3 is 19.3 Å². The number of nitrogens with zero attached hydrogens (tertiary/aromatic N) is 4. The standard InChI is InChI=1S/C39H53N5O6S/c1-35(2,3)39(36(4,5)6,37(7,8)9)26-18-20-27(21-19-26)51(46,47)44-31-30(49-28-16-13-14-17-29(28)50-38(10,11)12)34(48-25-24-45)43-33(42-31)32-40-22-15-23-41-32/h13-23,45H,24-25H2,1-12H3,(H,42,43,44)/i24D2. The first-order valence-corrected chi connectivity index (χ1v) is 18.3. The highest BCUT2D eigenvalue weighted by Gasteiger charge is 2.58. The van der Waals surface area contributed by atoms with Crippen molar-refractivity contribution in [3.8, 4) is 34.8 Å². The molecule has 2 aromatic carbocycles. The third-order valence-corrected chi connectivity index (χ3v) is 9.91. The van der Waals surface area contributed by atoms with Crippen LogP contribution >= 0.6 is 0 Å². The van der Waals surface area contributed by atoms with E-state index in [-0.39, 0.29) is 61.4 Å². The van der Waals surface area contributed by atoms with Crippen molar-refractivity contribution in [3.63, 3.8) is 0 Å². The summed E-state index contributed by atoms with van der Waals surface area (Å²) < 4.78 is 64.5. The van der Waals surface area contributed by atoms with Gasteiger partial charge in [0.1, 0.15) is 12.2 Å². The lowest BCUT2D eigenvalue weighted by molar-refractivity contribution is -0.0443. The maximum atomic E-state index is 14.3. The summed E-state index contributed by atoms with van der Waals surface area (Å²) >= 11 is 0. The predicted molar refractivity (Wildman–Crippen MR) is 200 cm³/mol. The molecule has 4 rings (SSSR count). The number of anilines is 1. The van der Waals surface area contributed by atoms with Crippen molar-refractivity contribution >= 4 is 15.8 Å². The molecule has 4 aromatic rings. The van der Waals surface area contributed by atoms with Gasteiger partial charge >= 0.3 is 0 Å². The Morgan fingerprint density at radius 3 is 1.80 bits per heavy atom. The number of aromatic nitrogens is 4. The number of rotatable bonds is 11. The molecule has 0 unspecified atom stereocenters. The van der Waals surface area contributed by atoms with Gasteiger partial charge in [0.2, 0.25) is 11.6 Å². The molecule has 0 atom stereocenters. The second-order valence-electron chi connectivity index (χ2n) is 16.4. The smallest absolute Gasteiger partial charge is 0.263 e. The Balaban J connectivity index is 1.92. The highest BCUT2D eigenvalue weighted by atomic mass is 32.2. The van der Waals surface area contributed by atoms with E-state index in [1.54, 1.807) is 42.5 Å². The average molecular weight is 722 g/mol. The third-order valence-electron chi connectivity index (χ3n) is 8.55. The monoisotopic (exact) mass is 721 g/mol. The first-order valence-electron chi connectivity index (χ1n) is 17.8. The minimum Gasteiger partial charge on any atom is -0.484 e. The van der Waals surface area contributed by atoms with Crippen molar-refractivity contribution in [2.45, 2.75) is 99.0 Å². The van der Waals surface area contributed by atoms with Crippen molar-refractivity contribution in [3.05, 3.63) is 72.6 Å². The van der Waals surface area contributed by atoms with E-state index in [0.29, 0.717) is 5.75 Å². The molecule has 276 valence electrons. The zero-order valence-electron chi connectivity index (χ0n) is 33.7. The van der Waals surface area contributed by atoms with Gasteiger partial charge in [0.05, 0.1) is 14.2 Å². The number of para-hydroxylation sites is 2. The van der Waals surface area contributed by atoms with Crippen LogP contribution in [0.1, 0.15) is 91.4 Å². The van der Waals surface area contributed by atoms with Crippen molar-refractivity contribution in [1.82, 2.24) is 19.9 Å². The molecular formula is C39H53N5O6S. The van der Waals surface area contributed by atoms with Crippen LogP contribution in [0.3, 0.4) is 0 Å². The molecule has 12 heteroatoms. The summed E-state index contributed by atoms with van der Waals surface area (Å²) in [4.78, 5) is 17.2. The molecule has 2 N–H and O–H groups in total. The van der Waals surface area contributed by atoms with E-state index in [4.69, 9.17) is 17.0 Å². The van der Waals surface area contributed by atoms with Crippen molar-refractivity contribution in [1.29, 1.82) is 0 Å². The molecule has 0 aliphatic carbocycles. The maximum Gasteiger partial charge on any atom is 0.263 e. The molecule has 2 aromatic heterocycles. The molecule has 51 heavy (non-hydrogen) atoms. The van der Waals surface area contributed by atoms with E-state index in [2.05, 4.69) is 87.0 Å². The van der Waals surface area contributed by atoms with Crippen LogP contribution < -0.4 is 18.9 Å². The summed E-state index contributed by atoms with van der Waals surface area (Å²) in [6.07, 6.45) is 2.92. The molecule has 0 saturated carbocycles. The van der Waals surface area contributed by atoms with Crippen molar-refractivity contribution in [2.24, 2.45) is 16.2 Å². The van der Waals surface area contributed by atoms with Crippen LogP contribution in [0.4, 0.5) is 5.82 Å². The van der Waals surface area contributed by atoms with Crippen LogP contribution in [0.25, 0.3) is 11.6 Å². The second kappa shape index (κ2) is 14.4. The molecule has 0 aliphatic rings. The summed E-state index contributed by atoms with van der Waals surface area (Å²) in [6, 6.07) is 15.2. The minimum atomic E-state index is -4.37. The molecule has 2 heterocycles. The molecule has 0 spiro atoms. The van der Waals surface area contributed by atoms with Crippen LogP contribution in [0.5, 0.6) is 23.1 Å². The number of hydrogen-bond donors (Lipinski definition) is 2. The van der Waals surface area contributed by atoms with Crippen LogP contribution in [0.2, 0.25) is 0 Å². The number of ether oxygens (including phenoxy) is 3. The lowest BCUT2D eigenvalue weighted by atomic mass is 9.42. The quantitative estimate of drug-likeness (QED) is 0.155. The zero-order chi connectivity index (χ0) is 39.8. The lowest BCUT2D eigenvalue weighted by Crippen LogP contribution is -2.58. The van der Waals surface area contributed by atoms with Gasteiger partial charge in [0.15, 0.2) is 23.1 Å². The fourth-order valence-corrected chi connectivity index (χ4v) is 9.11. The third kappa shape index (κ3) is 8.44. The molecule has 0 fully saturated rings. The van der Waals surface area contributed by atoms with Gasteiger partial charge in [-0.1, -0.05) is 86.6 Å². The molecule has 0 saturated heterocycles. The molecule has 0 amide bonds. The normalized spacial score (nSPS) is 14.0. The Morgan fingerprint density at radius 1 is 0.745 bits per heavy atom. The summed E-state index contributed by atoms with van der Waals surface area (Å²) in [5.74, 6) is -0.679. The SMILES string of the molecule is [2H]C([2H])(O)COc1nc(-c2ncccn2)nc(NS(=O)(=O)c2ccc(C(C(C)(C)C)(C(C)(C)C)C(C)(C)C)cc2)c1Oc1ccccc1OC(C)(C)C. The van der Waals surface area contributed by atoms with E-state index in [1.165, 1.54) is 12.4 Å². The van der Waals surface area contributed by atoms with Crippen LogP contribution in [0, 0.1) is 16.2 Å². The number of aliphatic hydroxyl groups is 1. The van der Waals surface area contributed by atoms with Crippen LogP contribution in [-0.4, -0.2) is 52.2 Å². The summed E-state index contributed by atoms with van der Waals surface area (Å²) in [6.45, 7) is 21.9. The fourth-order valence-electron chi connectivity index (χ4n) is 8.11. The molecule has 11 nitrogen and oxygen atoms in total. The lowest BCUT2D eigenvalue weighted by Gasteiger charge is -2.61. The zero-order valence-corrected chi connectivity index (χ0v) is 32.6. The second-order valence-corrected chi connectivity index (χ2v) is 18.1. The summed E-state index contributed by atoms with van der Waals surface area (Å²) in [5.41, 5.74) is -0.634. The fraction of sp³-hybridized carbons (Fsp3) is 0.487. The van der Waals surface area contributed by atoms with Gasteiger partial charge in [-0.05, 0) is 72.9 Å². The summed E-state index contributed by atoms with van der Waals surface area (Å²) in [7, 11) is -4.37. The molecule has 0 bridgehead atoms. The van der Waals surface area contributed by atoms with Gasteiger partial charge in [-0.25, -0.2) is 23.4 Å². The maximum absolute atomic E-state index is 14.3. The number of benzene rings is 2. The number of hydrogen-bond acceptors (Lipinski definition) is 10. The number of sulfonamides is 1. The van der Waals surface area contributed by atoms with Crippen molar-refractivity contribution in [2.75, 3.05) is 17.9 Å². The largest absolute Gasteiger partial charge is 0.484 e. The predicted octanol–water partition coefficient (Wildman–Crippen LogP) is 8.45. The Labute approximate surface area is 306 Å². The number of nitrogens with one attached hydrogen (secondary N) is 1. The van der Waals surface area contributed by atoms with E-state index < -0.39 is 28.8 Å². The Morgan fingerprint density at radius 2 is 1.29 bits per heavy atom. The van der Waals surface area contributed by atoms with E-state index in [1.807, 2.05) is 32.9 Å². The first-order chi connectivity index (χ1) is 24.2. The Bertz CT molecular complexity index is 1960. The molecule has 0 aliphatic heterocycles. The van der Waals surface area contributed by atoms with E-state index >= 15 is 0 Å². The summed E-state index contributed by atoms with van der Waals surface area (Å²) in [5, 5.41) is 9.92. The molecule has 0 radical (unpaired) electrons. The van der Waals surface area contributed by atoms with Gasteiger partial charge in [-0.2, -0.15) is 4.98 Å². The van der Waals surface area contributed by atoms with Crippen LogP contribution in [-0.2, 0) is 15.4 Å². The van der Waals surface area contributed by atoms with Gasteiger partial charge in [0, 0.05) is 17.8 Å². The van der Waals surface area contributed by atoms with Gasteiger partial charge in [-0.3, -0.25) is 4.72 Å². The highest BCUT2D eigenvalue weighted by molar-refractivity contribution is 7.92. The van der Waals surface area contributed by atoms with E-state index in [9.17, 15) is 13.5 Å². The average Bonchev–Trinajstić information content (AvgIpc) is 2.99. The van der Waals surface area contributed by atoms with Crippen molar-refractivity contribution < 1.29 is 30.5 Å². The Kier molecular flexibility index (Phi) is 10.3. The van der Waals surface area contributed by atoms with E-state index in [0.717, 1.165) is 5.56 Å². The van der Waals surface area contributed by atoms with Crippen LogP contribution in [0.15, 0.2) is 71.9 Å². The van der Waals surface area contributed by atoms with Gasteiger partial charge in [-0.15, -0.1) is 0 Å². The minimum absolute atomic E-state index is 0.0278. The first kappa shape index (κ1) is 36.5.